The highest BCUT2D eigenvalue weighted by molar-refractivity contribution is 6.04. The number of fused-ring (bicyclic) bond motifs is 1. The van der Waals surface area contributed by atoms with Crippen LogP contribution in [-0.4, -0.2) is 22.6 Å². The molecule has 7 heteroatoms. The monoisotopic (exact) mass is 403 g/mol. The molecule has 0 unspecified atom stereocenters. The molecular formula is C23H18FN3O3. The van der Waals surface area contributed by atoms with E-state index in [1.54, 1.807) is 49.4 Å². The highest BCUT2D eigenvalue weighted by Gasteiger charge is 2.12. The van der Waals surface area contributed by atoms with Gasteiger partial charge in [-0.25, -0.2) is 9.37 Å². The van der Waals surface area contributed by atoms with E-state index >= 15 is 0 Å². The molecule has 1 amide bonds. The number of rotatable bonds is 4. The summed E-state index contributed by atoms with van der Waals surface area (Å²) in [5.41, 5.74) is 1.79. The minimum Gasteiger partial charge on any atom is -0.494 e. The fourth-order valence-electron chi connectivity index (χ4n) is 3.25. The second kappa shape index (κ2) is 7.79. The van der Waals surface area contributed by atoms with Gasteiger partial charge in [-0.3, -0.25) is 14.2 Å². The number of aromatic nitrogens is 2. The Balaban J connectivity index is 1.61. The molecule has 0 saturated carbocycles. The van der Waals surface area contributed by atoms with Crippen molar-refractivity contribution >= 4 is 22.5 Å². The van der Waals surface area contributed by atoms with Crippen LogP contribution in [0.15, 0.2) is 71.5 Å². The number of anilines is 1. The minimum atomic E-state index is -0.612. The van der Waals surface area contributed by atoms with Crippen LogP contribution in [0.25, 0.3) is 16.6 Å². The summed E-state index contributed by atoms with van der Waals surface area (Å²) in [6.07, 6.45) is 0. The molecule has 3 aromatic carbocycles. The number of hydrogen-bond donors (Lipinski definition) is 1. The van der Waals surface area contributed by atoms with E-state index in [1.165, 1.54) is 23.8 Å². The Labute approximate surface area is 171 Å². The molecule has 0 aliphatic carbocycles. The highest BCUT2D eigenvalue weighted by atomic mass is 19.1. The van der Waals surface area contributed by atoms with Crippen molar-refractivity contribution in [2.45, 2.75) is 6.92 Å². The van der Waals surface area contributed by atoms with Crippen LogP contribution in [-0.2, 0) is 0 Å². The first-order valence-electron chi connectivity index (χ1n) is 9.21. The highest BCUT2D eigenvalue weighted by Crippen LogP contribution is 2.20. The first-order chi connectivity index (χ1) is 14.5. The van der Waals surface area contributed by atoms with Crippen LogP contribution in [0.5, 0.6) is 5.75 Å². The number of para-hydroxylation sites is 1. The maximum Gasteiger partial charge on any atom is 0.265 e. The van der Waals surface area contributed by atoms with Gasteiger partial charge >= 0.3 is 0 Å². The molecule has 1 heterocycles. The fraction of sp³-hybridized carbons (Fsp3) is 0.0870. The van der Waals surface area contributed by atoms with Crippen LogP contribution in [0.3, 0.4) is 0 Å². The van der Waals surface area contributed by atoms with Crippen LogP contribution in [0.2, 0.25) is 0 Å². The van der Waals surface area contributed by atoms with E-state index in [9.17, 15) is 14.0 Å². The van der Waals surface area contributed by atoms with Crippen molar-refractivity contribution in [1.82, 2.24) is 9.55 Å². The molecular weight excluding hydrogens is 385 g/mol. The normalized spacial score (nSPS) is 10.8. The number of ether oxygens (including phenoxy) is 1. The Bertz CT molecular complexity index is 1310. The van der Waals surface area contributed by atoms with E-state index in [-0.39, 0.29) is 16.9 Å². The van der Waals surface area contributed by atoms with E-state index in [4.69, 9.17) is 4.74 Å². The summed E-state index contributed by atoms with van der Waals surface area (Å²) < 4.78 is 20.2. The third-order valence-electron chi connectivity index (χ3n) is 4.74. The van der Waals surface area contributed by atoms with Gasteiger partial charge in [-0.05, 0) is 61.5 Å². The van der Waals surface area contributed by atoms with Crippen molar-refractivity contribution in [3.63, 3.8) is 0 Å². The van der Waals surface area contributed by atoms with Crippen molar-refractivity contribution < 1.29 is 13.9 Å². The number of halogens is 1. The van der Waals surface area contributed by atoms with Crippen molar-refractivity contribution in [2.24, 2.45) is 0 Å². The second-order valence-electron chi connectivity index (χ2n) is 6.67. The average molecular weight is 403 g/mol. The molecule has 0 fully saturated rings. The fourth-order valence-corrected chi connectivity index (χ4v) is 3.25. The molecule has 4 rings (SSSR count). The van der Waals surface area contributed by atoms with Gasteiger partial charge in [-0.2, -0.15) is 0 Å². The van der Waals surface area contributed by atoms with Crippen molar-refractivity contribution in [3.8, 4) is 11.4 Å². The zero-order valence-corrected chi connectivity index (χ0v) is 16.3. The standard InChI is InChI=1S/C23H18FN3O3/c1-14-25-20-6-4-3-5-18(20)23(29)27(14)17-10-8-16(9-11-17)26-22(28)15-7-12-21(30-2)19(24)13-15/h3-13H,1-2H3,(H,26,28). The maximum absolute atomic E-state index is 13.8. The summed E-state index contributed by atoms with van der Waals surface area (Å²) in [7, 11) is 1.36. The van der Waals surface area contributed by atoms with Crippen molar-refractivity contribution in [2.75, 3.05) is 12.4 Å². The van der Waals surface area contributed by atoms with Gasteiger partial charge in [0.1, 0.15) is 5.82 Å². The molecule has 0 aliphatic rings. The number of nitrogens with zero attached hydrogens (tertiary/aromatic N) is 2. The number of methoxy groups -OCH3 is 1. The lowest BCUT2D eigenvalue weighted by molar-refractivity contribution is 0.102. The second-order valence-corrected chi connectivity index (χ2v) is 6.67. The SMILES string of the molecule is COc1ccc(C(=O)Nc2ccc(-n3c(C)nc4ccccc4c3=O)cc2)cc1F. The van der Waals surface area contributed by atoms with Crippen molar-refractivity contribution in [3.05, 3.63) is 94.3 Å². The molecule has 0 bridgehead atoms. The van der Waals surface area contributed by atoms with E-state index in [2.05, 4.69) is 10.3 Å². The van der Waals surface area contributed by atoms with Crippen LogP contribution in [0, 0.1) is 12.7 Å². The number of benzene rings is 3. The minimum absolute atomic E-state index is 0.0701. The number of hydrogen-bond acceptors (Lipinski definition) is 4. The van der Waals surface area contributed by atoms with Gasteiger partial charge in [0, 0.05) is 11.3 Å². The Morgan fingerprint density at radius 2 is 1.80 bits per heavy atom. The van der Waals surface area contributed by atoms with E-state index in [0.29, 0.717) is 28.1 Å². The Kier molecular flexibility index (Phi) is 5.02. The Hall–Kier alpha value is -4.00. The Morgan fingerprint density at radius 3 is 2.50 bits per heavy atom. The van der Waals surface area contributed by atoms with Crippen LogP contribution in [0.1, 0.15) is 16.2 Å². The van der Waals surface area contributed by atoms with E-state index < -0.39 is 11.7 Å². The third-order valence-corrected chi connectivity index (χ3v) is 4.74. The zero-order valence-electron chi connectivity index (χ0n) is 16.3. The zero-order chi connectivity index (χ0) is 21.3. The lowest BCUT2D eigenvalue weighted by Crippen LogP contribution is -2.22. The molecule has 0 spiro atoms. The average Bonchev–Trinajstić information content (AvgIpc) is 2.75. The third kappa shape index (κ3) is 3.53. The van der Waals surface area contributed by atoms with E-state index in [1.807, 2.05) is 6.07 Å². The summed E-state index contributed by atoms with van der Waals surface area (Å²) in [4.78, 5) is 29.8. The summed E-state index contributed by atoms with van der Waals surface area (Å²) in [5, 5.41) is 3.24. The number of carbonyl (C=O) groups is 1. The summed E-state index contributed by atoms with van der Waals surface area (Å²) >= 11 is 0. The van der Waals surface area contributed by atoms with Gasteiger partial charge in [0.2, 0.25) is 0 Å². The first kappa shape index (κ1) is 19.3. The van der Waals surface area contributed by atoms with Gasteiger partial charge in [-0.1, -0.05) is 12.1 Å². The molecule has 0 saturated heterocycles. The molecule has 6 nitrogen and oxygen atoms in total. The first-order valence-corrected chi connectivity index (χ1v) is 9.21. The number of aryl methyl sites for hydroxylation is 1. The lowest BCUT2D eigenvalue weighted by Gasteiger charge is -2.12. The summed E-state index contributed by atoms with van der Waals surface area (Å²) in [6.45, 7) is 1.77. The van der Waals surface area contributed by atoms with Crippen LogP contribution >= 0.6 is 0 Å². The van der Waals surface area contributed by atoms with Crippen molar-refractivity contribution in [1.29, 1.82) is 0 Å². The molecule has 150 valence electrons. The smallest absolute Gasteiger partial charge is 0.265 e. The molecule has 1 N–H and O–H groups in total. The van der Waals surface area contributed by atoms with Gasteiger partial charge in [-0.15, -0.1) is 0 Å². The number of carbonyl (C=O) groups excluding carboxylic acids is 1. The van der Waals surface area contributed by atoms with Gasteiger partial charge in [0.25, 0.3) is 11.5 Å². The lowest BCUT2D eigenvalue weighted by atomic mass is 10.2. The summed E-state index contributed by atoms with van der Waals surface area (Å²) in [6, 6.07) is 18.0. The molecule has 4 aromatic rings. The molecule has 1 aromatic heterocycles. The van der Waals surface area contributed by atoms with Gasteiger partial charge < -0.3 is 10.1 Å². The number of nitrogens with one attached hydrogen (secondary N) is 1. The molecule has 0 aliphatic heterocycles. The summed E-state index contributed by atoms with van der Waals surface area (Å²) in [5.74, 6) is -0.436. The van der Waals surface area contributed by atoms with Gasteiger partial charge in [0.15, 0.2) is 11.6 Å². The van der Waals surface area contributed by atoms with Crippen LogP contribution in [0.4, 0.5) is 10.1 Å². The maximum atomic E-state index is 13.8. The molecule has 0 radical (unpaired) electrons. The van der Waals surface area contributed by atoms with Crippen LogP contribution < -0.4 is 15.6 Å². The predicted molar refractivity (Wildman–Crippen MR) is 113 cm³/mol. The van der Waals surface area contributed by atoms with E-state index in [0.717, 1.165) is 6.07 Å². The number of amides is 1. The van der Waals surface area contributed by atoms with Gasteiger partial charge in [0.05, 0.1) is 23.7 Å². The topological polar surface area (TPSA) is 73.2 Å². The Morgan fingerprint density at radius 1 is 1.07 bits per heavy atom. The largest absolute Gasteiger partial charge is 0.494 e. The molecule has 30 heavy (non-hydrogen) atoms. The predicted octanol–water partition coefficient (Wildman–Crippen LogP) is 4.09. The quantitative estimate of drug-likeness (QED) is 0.557. The molecule has 0 atom stereocenters.